The van der Waals surface area contributed by atoms with Crippen LogP contribution in [0, 0.1) is 0 Å². The summed E-state index contributed by atoms with van der Waals surface area (Å²) in [4.78, 5) is 24.6. The summed E-state index contributed by atoms with van der Waals surface area (Å²) in [6.07, 6.45) is -1.91. The van der Waals surface area contributed by atoms with Gasteiger partial charge in [0.2, 0.25) is 0 Å². The van der Waals surface area contributed by atoms with Crippen LogP contribution in [0.4, 0.5) is 23.7 Å². The Morgan fingerprint density at radius 2 is 1.45 bits per heavy atom. The average molecular weight is 529 g/mol. The highest BCUT2D eigenvalue weighted by Gasteiger charge is 2.31. The first-order valence-corrected chi connectivity index (χ1v) is 12.1. The number of nitrogens with one attached hydrogen (secondary N) is 2. The average Bonchev–Trinajstić information content (AvgIpc) is 2.90. The molecular weight excluding hydrogens is 501 g/mol. The van der Waals surface area contributed by atoms with E-state index in [2.05, 4.69) is 15.4 Å². The fourth-order valence-electron chi connectivity index (χ4n) is 4.09. The van der Waals surface area contributed by atoms with E-state index in [-0.39, 0.29) is 24.5 Å². The third kappa shape index (κ3) is 8.43. The Balaban J connectivity index is 1.16. The lowest BCUT2D eigenvalue weighted by Crippen LogP contribution is -2.41. The Morgan fingerprint density at radius 3 is 2.08 bits per heavy atom. The third-order valence-electron chi connectivity index (χ3n) is 5.96. The van der Waals surface area contributed by atoms with Crippen LogP contribution in [0.15, 0.2) is 78.9 Å². The Labute approximate surface area is 217 Å². The van der Waals surface area contributed by atoms with Gasteiger partial charge in [0.25, 0.3) is 0 Å². The van der Waals surface area contributed by atoms with Gasteiger partial charge in [-0.25, -0.2) is 9.59 Å². The molecule has 7 nitrogen and oxygen atoms in total. The molecule has 0 heterocycles. The minimum atomic E-state index is -4.77. The SMILES string of the molecule is O=C(Nc1ccc(OC(F)(F)F)cc1)NC1CCC(Oc2ccc(C(=O)OCc3ccccc3)cc2)CC1. The van der Waals surface area contributed by atoms with Crippen molar-refractivity contribution in [3.05, 3.63) is 90.0 Å². The van der Waals surface area contributed by atoms with Crippen molar-refractivity contribution in [3.8, 4) is 11.5 Å². The molecule has 10 heteroatoms. The van der Waals surface area contributed by atoms with Crippen molar-refractivity contribution in [3.63, 3.8) is 0 Å². The first kappa shape index (κ1) is 26.8. The molecule has 1 fully saturated rings. The molecule has 0 bridgehead atoms. The lowest BCUT2D eigenvalue weighted by atomic mass is 9.93. The lowest BCUT2D eigenvalue weighted by Gasteiger charge is -2.29. The van der Waals surface area contributed by atoms with Gasteiger partial charge in [0.05, 0.1) is 11.7 Å². The first-order chi connectivity index (χ1) is 18.2. The van der Waals surface area contributed by atoms with Gasteiger partial charge < -0.3 is 24.8 Å². The fraction of sp³-hybridized carbons (Fsp3) is 0.286. The normalized spacial score (nSPS) is 17.2. The molecule has 3 aromatic rings. The molecule has 0 saturated heterocycles. The second-order valence-corrected chi connectivity index (χ2v) is 8.85. The standard InChI is InChI=1S/C28H27F3N2O5/c29-28(30,31)38-25-16-10-22(11-17-25)33-27(35)32-21-8-14-24(15-9-21)37-23-12-6-20(7-13-23)26(34)36-18-19-4-2-1-3-5-19/h1-7,10-13,16-17,21,24H,8-9,14-15,18H2,(H2,32,33,35). The predicted molar refractivity (Wildman–Crippen MR) is 134 cm³/mol. The molecule has 0 atom stereocenters. The largest absolute Gasteiger partial charge is 0.573 e. The van der Waals surface area contributed by atoms with Crippen LogP contribution in [0.2, 0.25) is 0 Å². The van der Waals surface area contributed by atoms with Crippen molar-refractivity contribution in [2.45, 2.75) is 50.8 Å². The van der Waals surface area contributed by atoms with Crippen LogP contribution < -0.4 is 20.1 Å². The van der Waals surface area contributed by atoms with E-state index in [1.165, 1.54) is 12.1 Å². The molecule has 3 aromatic carbocycles. The molecule has 0 aliphatic heterocycles. The van der Waals surface area contributed by atoms with Gasteiger partial charge in [0, 0.05) is 11.7 Å². The van der Waals surface area contributed by atoms with Crippen molar-refractivity contribution in [2.75, 3.05) is 5.32 Å². The first-order valence-electron chi connectivity index (χ1n) is 12.1. The number of esters is 1. The molecule has 0 radical (unpaired) electrons. The van der Waals surface area contributed by atoms with Crippen LogP contribution in [-0.2, 0) is 11.3 Å². The van der Waals surface area contributed by atoms with E-state index in [1.807, 2.05) is 30.3 Å². The van der Waals surface area contributed by atoms with Gasteiger partial charge in [-0.1, -0.05) is 30.3 Å². The van der Waals surface area contributed by atoms with Gasteiger partial charge in [-0.05, 0) is 79.8 Å². The number of amides is 2. The molecule has 0 spiro atoms. The topological polar surface area (TPSA) is 85.9 Å². The smallest absolute Gasteiger partial charge is 0.490 e. The van der Waals surface area contributed by atoms with Gasteiger partial charge in [0.15, 0.2) is 0 Å². The zero-order valence-electron chi connectivity index (χ0n) is 20.4. The molecule has 1 aliphatic carbocycles. The number of carbonyl (C=O) groups excluding carboxylic acids is 2. The van der Waals surface area contributed by atoms with Gasteiger partial charge in [-0.3, -0.25) is 0 Å². The Morgan fingerprint density at radius 1 is 0.816 bits per heavy atom. The monoisotopic (exact) mass is 528 g/mol. The van der Waals surface area contributed by atoms with Crippen molar-refractivity contribution >= 4 is 17.7 Å². The number of anilines is 1. The zero-order valence-corrected chi connectivity index (χ0v) is 20.4. The van der Waals surface area contributed by atoms with E-state index in [0.717, 1.165) is 30.5 Å². The second kappa shape index (κ2) is 12.4. The molecule has 1 saturated carbocycles. The highest BCUT2D eigenvalue weighted by atomic mass is 19.4. The van der Waals surface area contributed by atoms with Gasteiger partial charge in [-0.15, -0.1) is 13.2 Å². The molecule has 0 aromatic heterocycles. The van der Waals surface area contributed by atoms with E-state index in [1.54, 1.807) is 24.3 Å². The third-order valence-corrected chi connectivity index (χ3v) is 5.96. The van der Waals surface area contributed by atoms with Crippen molar-refractivity contribution in [2.24, 2.45) is 0 Å². The van der Waals surface area contributed by atoms with Gasteiger partial charge in [-0.2, -0.15) is 0 Å². The maximum absolute atomic E-state index is 12.3. The van der Waals surface area contributed by atoms with E-state index in [9.17, 15) is 22.8 Å². The Kier molecular flexibility index (Phi) is 8.73. The minimum absolute atomic E-state index is 0.0202. The zero-order chi connectivity index (χ0) is 27.0. The number of hydrogen-bond donors (Lipinski definition) is 2. The molecule has 2 amide bonds. The van der Waals surface area contributed by atoms with Crippen LogP contribution in [0.1, 0.15) is 41.6 Å². The summed E-state index contributed by atoms with van der Waals surface area (Å²) >= 11 is 0. The number of alkyl halides is 3. The second-order valence-electron chi connectivity index (χ2n) is 8.85. The van der Waals surface area contributed by atoms with Gasteiger partial charge in [0.1, 0.15) is 18.1 Å². The molecule has 0 unspecified atom stereocenters. The van der Waals surface area contributed by atoms with Gasteiger partial charge >= 0.3 is 18.4 Å². The van der Waals surface area contributed by atoms with E-state index < -0.39 is 18.4 Å². The van der Waals surface area contributed by atoms with Crippen LogP contribution in [0.3, 0.4) is 0 Å². The molecule has 4 rings (SSSR count). The number of ether oxygens (including phenoxy) is 3. The summed E-state index contributed by atoms with van der Waals surface area (Å²) in [5, 5.41) is 5.49. The highest BCUT2D eigenvalue weighted by molar-refractivity contribution is 5.90. The number of rotatable bonds is 8. The van der Waals surface area contributed by atoms with Crippen LogP contribution in [0.5, 0.6) is 11.5 Å². The van der Waals surface area contributed by atoms with E-state index >= 15 is 0 Å². The minimum Gasteiger partial charge on any atom is -0.490 e. The summed E-state index contributed by atoms with van der Waals surface area (Å²) in [5.41, 5.74) is 1.70. The summed E-state index contributed by atoms with van der Waals surface area (Å²) < 4.78 is 52.0. The molecular formula is C28H27F3N2O5. The lowest BCUT2D eigenvalue weighted by molar-refractivity contribution is -0.274. The Bertz CT molecular complexity index is 1190. The summed E-state index contributed by atoms with van der Waals surface area (Å²) in [5.74, 6) is -0.119. The molecule has 38 heavy (non-hydrogen) atoms. The summed E-state index contributed by atoms with van der Waals surface area (Å²) in [6.45, 7) is 0.205. The number of benzene rings is 3. The van der Waals surface area contributed by atoms with E-state index in [0.29, 0.717) is 29.8 Å². The number of urea groups is 1. The van der Waals surface area contributed by atoms with Crippen LogP contribution in [0.25, 0.3) is 0 Å². The molecule has 200 valence electrons. The molecule has 1 aliphatic rings. The van der Waals surface area contributed by atoms with Crippen molar-refractivity contribution < 1.29 is 37.0 Å². The number of hydrogen-bond acceptors (Lipinski definition) is 5. The maximum atomic E-state index is 12.3. The van der Waals surface area contributed by atoms with Crippen molar-refractivity contribution in [1.29, 1.82) is 0 Å². The van der Waals surface area contributed by atoms with Crippen LogP contribution >= 0.6 is 0 Å². The van der Waals surface area contributed by atoms with Crippen molar-refractivity contribution in [1.82, 2.24) is 5.32 Å². The van der Waals surface area contributed by atoms with E-state index in [4.69, 9.17) is 9.47 Å². The fourth-order valence-corrected chi connectivity index (χ4v) is 4.09. The quantitative estimate of drug-likeness (QED) is 0.328. The predicted octanol–water partition coefficient (Wildman–Crippen LogP) is 6.45. The Hall–Kier alpha value is -4.21. The van der Waals surface area contributed by atoms with Crippen LogP contribution in [-0.4, -0.2) is 30.5 Å². The highest BCUT2D eigenvalue weighted by Crippen LogP contribution is 2.26. The number of halogens is 3. The molecule has 2 N–H and O–H groups in total. The summed E-state index contributed by atoms with van der Waals surface area (Å²) in [6, 6.07) is 20.7. The number of carbonyl (C=O) groups is 2. The maximum Gasteiger partial charge on any atom is 0.573 e. The summed E-state index contributed by atoms with van der Waals surface area (Å²) in [7, 11) is 0.